The number of aromatic nitrogens is 2. The van der Waals surface area contributed by atoms with Crippen LogP contribution in [-0.2, 0) is 51.2 Å². The van der Waals surface area contributed by atoms with E-state index in [4.69, 9.17) is 17.2 Å². The highest BCUT2D eigenvalue weighted by Gasteiger charge is 2.34. The standard InChI is InChI=1S/C40H59N11O8/c1-3-4-12-29(48-24(2)52)37(57)49-30-13-14-35(55)45-17-15-27(36(41)56)20-33(53)26(11-8-16-46-40(42)43)19-34(54)31(18-25-9-6-5-7-10-25)50-39(59)32(51-38(30)58)21-28-22-44-23-47-28/h5-7,9-10,22-23,26-27,29-32H,3-4,8,11-21H2,1-2H3,(H2,41,56)(H,44,47)(H,45,55)(H,48,52)(H,49,57)(H,50,59)(H,51,58)(H4,42,43,46)/t26-,27-,29?,30+,31-,32+/m1/s1. The van der Waals surface area contributed by atoms with Crippen molar-refractivity contribution < 1.29 is 38.4 Å². The Balaban J connectivity index is 2.05. The van der Waals surface area contributed by atoms with Gasteiger partial charge in [-0.05, 0) is 44.1 Å². The van der Waals surface area contributed by atoms with Gasteiger partial charge >= 0.3 is 0 Å². The maximum atomic E-state index is 14.3. The number of carbonyl (C=O) groups is 8. The van der Waals surface area contributed by atoms with Crippen LogP contribution in [0.5, 0.6) is 0 Å². The number of aromatic amines is 1. The smallest absolute Gasteiger partial charge is 0.243 e. The first-order valence-electron chi connectivity index (χ1n) is 20.0. The van der Waals surface area contributed by atoms with E-state index in [-0.39, 0.29) is 70.4 Å². The van der Waals surface area contributed by atoms with E-state index >= 15 is 0 Å². The average Bonchev–Trinajstić information content (AvgIpc) is 3.71. The summed E-state index contributed by atoms with van der Waals surface area (Å²) < 4.78 is 0. The Kier molecular flexibility index (Phi) is 19.7. The number of amides is 6. The number of unbranched alkanes of at least 4 members (excludes halogenated alkanes) is 1. The van der Waals surface area contributed by atoms with Gasteiger partial charge < -0.3 is 48.8 Å². The van der Waals surface area contributed by atoms with E-state index in [1.54, 1.807) is 30.3 Å². The maximum absolute atomic E-state index is 14.3. The van der Waals surface area contributed by atoms with Gasteiger partial charge in [-0.3, -0.25) is 43.3 Å². The largest absolute Gasteiger partial charge is 0.370 e. The predicted molar refractivity (Wildman–Crippen MR) is 218 cm³/mol. The Morgan fingerprint density at radius 1 is 0.915 bits per heavy atom. The van der Waals surface area contributed by atoms with Crippen molar-refractivity contribution in [3.05, 3.63) is 54.1 Å². The van der Waals surface area contributed by atoms with Gasteiger partial charge in [-0.25, -0.2) is 4.98 Å². The minimum Gasteiger partial charge on any atom is -0.370 e. The summed E-state index contributed by atoms with van der Waals surface area (Å²) in [5.41, 5.74) is 17.8. The SMILES string of the molecule is CCCCC(NC(C)=O)C(=O)N[C@H]1CCC(=O)NCC[C@@H](C(N)=O)CC(=O)[C@H](CCCN=C(N)N)CC(=O)[C@@H](Cc2ccccc2)NC(=O)[C@H](Cc2cnc[nH]2)NC1=O. The van der Waals surface area contributed by atoms with Gasteiger partial charge in [0.1, 0.15) is 23.9 Å². The molecule has 1 aliphatic rings. The lowest BCUT2D eigenvalue weighted by atomic mass is 9.84. The molecular formula is C40H59N11O8. The zero-order valence-electron chi connectivity index (χ0n) is 33.8. The van der Waals surface area contributed by atoms with Crippen molar-refractivity contribution in [2.45, 2.75) is 115 Å². The number of guanidine groups is 1. The third-order valence-electron chi connectivity index (χ3n) is 10.0. The van der Waals surface area contributed by atoms with Crippen molar-refractivity contribution in [3.63, 3.8) is 0 Å². The van der Waals surface area contributed by atoms with E-state index in [1.165, 1.54) is 19.4 Å². The molecule has 19 heteroatoms. The molecule has 1 unspecified atom stereocenters. The number of benzene rings is 1. The van der Waals surface area contributed by atoms with Crippen LogP contribution in [-0.4, -0.2) is 100 Å². The van der Waals surface area contributed by atoms with Crippen LogP contribution in [0.1, 0.15) is 89.3 Å². The molecule has 0 saturated carbocycles. The van der Waals surface area contributed by atoms with Crippen LogP contribution in [0.3, 0.4) is 0 Å². The number of ketones is 2. The number of rotatable bonds is 15. The van der Waals surface area contributed by atoms with E-state index in [9.17, 15) is 38.4 Å². The first kappa shape index (κ1) is 47.2. The van der Waals surface area contributed by atoms with Crippen molar-refractivity contribution in [2.75, 3.05) is 13.1 Å². The Morgan fingerprint density at radius 2 is 1.64 bits per heavy atom. The van der Waals surface area contributed by atoms with E-state index in [0.717, 1.165) is 6.42 Å². The van der Waals surface area contributed by atoms with Gasteiger partial charge in [-0.1, -0.05) is 50.1 Å². The van der Waals surface area contributed by atoms with Crippen LogP contribution in [0, 0.1) is 11.8 Å². The number of aliphatic imine (C=N–C) groups is 1. The molecule has 6 atom stereocenters. The van der Waals surface area contributed by atoms with Crippen LogP contribution in [0.15, 0.2) is 47.8 Å². The zero-order valence-corrected chi connectivity index (χ0v) is 33.8. The molecule has 1 aromatic carbocycles. The monoisotopic (exact) mass is 821 g/mol. The van der Waals surface area contributed by atoms with Gasteiger partial charge in [0, 0.05) is 69.4 Å². The first-order valence-corrected chi connectivity index (χ1v) is 20.0. The third kappa shape index (κ3) is 17.1. The Bertz CT molecular complexity index is 1770. The summed E-state index contributed by atoms with van der Waals surface area (Å²) in [5.74, 6) is -6.82. The second kappa shape index (κ2) is 24.6. The van der Waals surface area contributed by atoms with E-state index in [0.29, 0.717) is 30.5 Å². The fourth-order valence-electron chi connectivity index (χ4n) is 6.74. The predicted octanol–water partition coefficient (Wildman–Crippen LogP) is -0.666. The number of nitrogens with zero attached hydrogens (tertiary/aromatic N) is 2. The minimum atomic E-state index is -1.34. The summed E-state index contributed by atoms with van der Waals surface area (Å²) in [6, 6.07) is 4.12. The van der Waals surface area contributed by atoms with Gasteiger partial charge in [0.15, 0.2) is 11.7 Å². The Hall–Kier alpha value is -6.14. The summed E-state index contributed by atoms with van der Waals surface area (Å²) >= 11 is 0. The fraction of sp³-hybridized carbons (Fsp3) is 0.550. The highest BCUT2D eigenvalue weighted by atomic mass is 16.2. The van der Waals surface area contributed by atoms with Gasteiger partial charge in [-0.2, -0.15) is 0 Å². The lowest BCUT2D eigenvalue weighted by molar-refractivity contribution is -0.135. The molecule has 19 nitrogen and oxygen atoms in total. The fourth-order valence-corrected chi connectivity index (χ4v) is 6.74. The molecule has 59 heavy (non-hydrogen) atoms. The van der Waals surface area contributed by atoms with Crippen molar-refractivity contribution in [2.24, 2.45) is 34.0 Å². The number of Topliss-reactive ketones (excluding diaryl/α,β-unsaturated/α-hetero) is 2. The lowest BCUT2D eigenvalue weighted by Gasteiger charge is -2.27. The second-order valence-electron chi connectivity index (χ2n) is 14.8. The molecule has 6 amide bonds. The molecule has 322 valence electrons. The van der Waals surface area contributed by atoms with E-state index in [1.807, 2.05) is 6.92 Å². The molecule has 2 aromatic rings. The van der Waals surface area contributed by atoms with Crippen LogP contribution in [0.4, 0.5) is 0 Å². The summed E-state index contributed by atoms with van der Waals surface area (Å²) in [6.45, 7) is 3.33. The Labute approximate surface area is 343 Å². The number of nitrogens with one attached hydrogen (secondary N) is 6. The highest BCUT2D eigenvalue weighted by Crippen LogP contribution is 2.22. The second-order valence-corrected chi connectivity index (χ2v) is 14.8. The lowest BCUT2D eigenvalue weighted by Crippen LogP contribution is -2.58. The van der Waals surface area contributed by atoms with Crippen molar-refractivity contribution in [1.29, 1.82) is 0 Å². The van der Waals surface area contributed by atoms with Gasteiger partial charge in [-0.15, -0.1) is 0 Å². The number of nitrogens with two attached hydrogens (primary N) is 3. The third-order valence-corrected chi connectivity index (χ3v) is 10.0. The number of hydrogen-bond acceptors (Lipinski definition) is 10. The van der Waals surface area contributed by atoms with Crippen LogP contribution >= 0.6 is 0 Å². The summed E-state index contributed by atoms with van der Waals surface area (Å²) in [7, 11) is 0. The minimum absolute atomic E-state index is 0.0138. The van der Waals surface area contributed by atoms with Gasteiger partial charge in [0.05, 0.1) is 12.4 Å². The first-order chi connectivity index (χ1) is 28.2. The molecule has 0 aliphatic carbocycles. The van der Waals surface area contributed by atoms with Gasteiger partial charge in [0.2, 0.25) is 35.4 Å². The van der Waals surface area contributed by atoms with E-state index < -0.39 is 83.0 Å². The van der Waals surface area contributed by atoms with Crippen molar-refractivity contribution >= 4 is 53.0 Å². The summed E-state index contributed by atoms with van der Waals surface area (Å²) in [5, 5.41) is 13.5. The molecule has 0 radical (unpaired) electrons. The number of hydrogen-bond donors (Lipinski definition) is 9. The van der Waals surface area contributed by atoms with E-state index in [2.05, 4.69) is 41.5 Å². The molecule has 1 fully saturated rings. The normalized spacial score (nSPS) is 21.9. The van der Waals surface area contributed by atoms with Crippen LogP contribution in [0.2, 0.25) is 0 Å². The van der Waals surface area contributed by atoms with Gasteiger partial charge in [0.25, 0.3) is 0 Å². The number of H-pyrrole nitrogens is 1. The summed E-state index contributed by atoms with van der Waals surface area (Å²) in [6.07, 6.45) is 3.88. The molecule has 2 heterocycles. The molecule has 12 N–H and O–H groups in total. The van der Waals surface area contributed by atoms with Crippen molar-refractivity contribution in [3.8, 4) is 0 Å². The maximum Gasteiger partial charge on any atom is 0.243 e. The van der Waals surface area contributed by atoms with Crippen molar-refractivity contribution in [1.82, 2.24) is 36.6 Å². The molecular weight excluding hydrogens is 763 g/mol. The van der Waals surface area contributed by atoms with Crippen LogP contribution < -0.4 is 43.8 Å². The number of carbonyl (C=O) groups excluding carboxylic acids is 8. The molecule has 1 aliphatic heterocycles. The topological polar surface area (TPSA) is 316 Å². The zero-order chi connectivity index (χ0) is 43.3. The Morgan fingerprint density at radius 3 is 2.29 bits per heavy atom. The molecule has 0 bridgehead atoms. The summed E-state index contributed by atoms with van der Waals surface area (Å²) in [4.78, 5) is 119. The number of primary amides is 1. The molecule has 0 spiro atoms. The highest BCUT2D eigenvalue weighted by molar-refractivity contribution is 5.97. The average molecular weight is 822 g/mol. The molecule has 3 rings (SSSR count). The quantitative estimate of drug-likeness (QED) is 0.0617. The van der Waals surface area contributed by atoms with Crippen LogP contribution in [0.25, 0.3) is 0 Å². The molecule has 1 saturated heterocycles. The number of imidazole rings is 1. The molecule has 1 aromatic heterocycles.